The van der Waals surface area contributed by atoms with Gasteiger partial charge in [-0.15, -0.1) is 11.8 Å². The summed E-state index contributed by atoms with van der Waals surface area (Å²) in [4.78, 5) is 11.1. The van der Waals surface area contributed by atoms with Crippen molar-refractivity contribution >= 4 is 17.7 Å². The number of nitrogens with one attached hydrogen (secondary N) is 1. The van der Waals surface area contributed by atoms with Gasteiger partial charge in [0, 0.05) is 11.8 Å². The Labute approximate surface area is 123 Å². The van der Waals surface area contributed by atoms with Crippen LogP contribution in [0.4, 0.5) is 0 Å². The van der Waals surface area contributed by atoms with Crippen LogP contribution in [-0.4, -0.2) is 44.8 Å². The minimum absolute atomic E-state index is 0.153. The Morgan fingerprint density at radius 3 is 2.85 bits per heavy atom. The normalized spacial score (nSPS) is 14.7. The van der Waals surface area contributed by atoms with Gasteiger partial charge in [-0.05, 0) is 24.7 Å². The highest BCUT2D eigenvalue weighted by atomic mass is 32.2. The Balaban J connectivity index is 1.98. The zero-order chi connectivity index (χ0) is 14.4. The van der Waals surface area contributed by atoms with Crippen LogP contribution in [0, 0.1) is 0 Å². The van der Waals surface area contributed by atoms with E-state index in [0.29, 0.717) is 19.0 Å². The molecule has 0 spiro atoms. The van der Waals surface area contributed by atoms with Crippen molar-refractivity contribution < 1.29 is 19.0 Å². The van der Waals surface area contributed by atoms with E-state index in [0.717, 1.165) is 22.8 Å². The second-order valence-corrected chi connectivity index (χ2v) is 5.37. The van der Waals surface area contributed by atoms with Crippen molar-refractivity contribution in [2.45, 2.75) is 6.04 Å². The number of benzene rings is 1. The number of carbonyl (C=O) groups excluding carboxylic acids is 1. The molecule has 1 aliphatic heterocycles. The number of carbonyl (C=O) groups is 1. The van der Waals surface area contributed by atoms with E-state index in [1.54, 1.807) is 11.8 Å². The molecule has 0 fully saturated rings. The molecule has 0 saturated heterocycles. The highest BCUT2D eigenvalue weighted by Crippen LogP contribution is 2.33. The third-order valence-corrected chi connectivity index (χ3v) is 4.06. The summed E-state index contributed by atoms with van der Waals surface area (Å²) >= 11 is 1.54. The standard InChI is InChI=1S/C14H19NO4S/c1-15-11(8-20-9-14(16)17-2)10-3-4-12-13(7-10)19-6-5-18-12/h3-4,7,11,15H,5-6,8-9H2,1-2H3. The molecule has 5 nitrogen and oxygen atoms in total. The summed E-state index contributed by atoms with van der Waals surface area (Å²) in [5, 5.41) is 3.25. The van der Waals surface area contributed by atoms with Crippen LogP contribution in [0.15, 0.2) is 18.2 Å². The van der Waals surface area contributed by atoms with Crippen LogP contribution < -0.4 is 14.8 Å². The van der Waals surface area contributed by atoms with Crippen LogP contribution in [-0.2, 0) is 9.53 Å². The van der Waals surface area contributed by atoms with Crippen molar-refractivity contribution in [3.05, 3.63) is 23.8 Å². The van der Waals surface area contributed by atoms with Gasteiger partial charge in [-0.25, -0.2) is 0 Å². The van der Waals surface area contributed by atoms with E-state index < -0.39 is 0 Å². The Morgan fingerprint density at radius 2 is 2.15 bits per heavy atom. The zero-order valence-electron chi connectivity index (χ0n) is 11.7. The highest BCUT2D eigenvalue weighted by molar-refractivity contribution is 7.99. The quantitative estimate of drug-likeness (QED) is 0.805. The Bertz CT molecular complexity index is 466. The van der Waals surface area contributed by atoms with Crippen LogP contribution in [0.1, 0.15) is 11.6 Å². The summed E-state index contributed by atoms with van der Waals surface area (Å²) in [6, 6.07) is 6.10. The molecule has 2 rings (SSSR count). The maximum Gasteiger partial charge on any atom is 0.315 e. The fourth-order valence-electron chi connectivity index (χ4n) is 1.94. The molecule has 1 aliphatic rings. The van der Waals surface area contributed by atoms with E-state index >= 15 is 0 Å². The Kier molecular flexibility index (Phi) is 5.55. The van der Waals surface area contributed by atoms with E-state index in [4.69, 9.17) is 9.47 Å². The largest absolute Gasteiger partial charge is 0.486 e. The summed E-state index contributed by atoms with van der Waals surface area (Å²) in [7, 11) is 3.31. The molecular formula is C14H19NO4S. The van der Waals surface area contributed by atoms with Gasteiger partial charge in [0.15, 0.2) is 11.5 Å². The molecule has 1 aromatic carbocycles. The third-order valence-electron chi connectivity index (χ3n) is 3.05. The number of fused-ring (bicyclic) bond motifs is 1. The summed E-state index contributed by atoms with van der Waals surface area (Å²) in [5.41, 5.74) is 1.12. The van der Waals surface area contributed by atoms with E-state index in [1.807, 2.05) is 25.2 Å². The van der Waals surface area contributed by atoms with Crippen LogP contribution in [0.5, 0.6) is 11.5 Å². The first-order valence-electron chi connectivity index (χ1n) is 6.46. The summed E-state index contributed by atoms with van der Waals surface area (Å²) in [6.07, 6.45) is 0. The van der Waals surface area contributed by atoms with Gasteiger partial charge in [-0.2, -0.15) is 0 Å². The number of esters is 1. The number of hydrogen-bond acceptors (Lipinski definition) is 6. The lowest BCUT2D eigenvalue weighted by atomic mass is 10.1. The Morgan fingerprint density at radius 1 is 1.40 bits per heavy atom. The van der Waals surface area contributed by atoms with Crippen LogP contribution in [0.25, 0.3) is 0 Å². The average molecular weight is 297 g/mol. The second-order valence-electron chi connectivity index (χ2n) is 4.34. The van der Waals surface area contributed by atoms with Gasteiger partial charge in [0.05, 0.1) is 12.9 Å². The molecule has 1 heterocycles. The van der Waals surface area contributed by atoms with Crippen LogP contribution >= 0.6 is 11.8 Å². The smallest absolute Gasteiger partial charge is 0.315 e. The molecule has 1 aromatic rings. The molecular weight excluding hydrogens is 278 g/mol. The summed E-state index contributed by atoms with van der Waals surface area (Å²) < 4.78 is 15.7. The zero-order valence-corrected chi connectivity index (χ0v) is 12.5. The number of thioether (sulfide) groups is 1. The third kappa shape index (κ3) is 3.80. The summed E-state index contributed by atoms with van der Waals surface area (Å²) in [6.45, 7) is 1.18. The fourth-order valence-corrected chi connectivity index (χ4v) is 2.94. The molecule has 0 aliphatic carbocycles. The molecule has 1 unspecified atom stereocenters. The van der Waals surface area contributed by atoms with Crippen LogP contribution in [0.2, 0.25) is 0 Å². The second kappa shape index (κ2) is 7.40. The first kappa shape index (κ1) is 15.0. The van der Waals surface area contributed by atoms with Crippen molar-refractivity contribution in [1.29, 1.82) is 0 Å². The SMILES string of the molecule is CNC(CSCC(=O)OC)c1ccc2c(c1)OCCO2. The predicted molar refractivity (Wildman–Crippen MR) is 78.6 cm³/mol. The van der Waals surface area contributed by atoms with Crippen molar-refractivity contribution in [3.8, 4) is 11.5 Å². The molecule has 1 N–H and O–H groups in total. The van der Waals surface area contributed by atoms with E-state index in [9.17, 15) is 4.79 Å². The lowest BCUT2D eigenvalue weighted by Gasteiger charge is -2.21. The number of ether oxygens (including phenoxy) is 3. The maximum absolute atomic E-state index is 11.1. The van der Waals surface area contributed by atoms with E-state index in [1.165, 1.54) is 7.11 Å². The lowest BCUT2D eigenvalue weighted by molar-refractivity contribution is -0.137. The molecule has 6 heteroatoms. The van der Waals surface area contributed by atoms with Gasteiger partial charge in [-0.1, -0.05) is 6.07 Å². The van der Waals surface area contributed by atoms with Gasteiger partial charge in [-0.3, -0.25) is 4.79 Å². The maximum atomic E-state index is 11.1. The molecule has 0 amide bonds. The lowest BCUT2D eigenvalue weighted by Crippen LogP contribution is -2.21. The first-order chi connectivity index (χ1) is 9.74. The number of hydrogen-bond donors (Lipinski definition) is 1. The molecule has 1 atom stereocenters. The average Bonchev–Trinajstić information content (AvgIpc) is 2.51. The molecule has 0 saturated carbocycles. The molecule has 20 heavy (non-hydrogen) atoms. The van der Waals surface area contributed by atoms with E-state index in [-0.39, 0.29) is 12.0 Å². The number of rotatable bonds is 6. The topological polar surface area (TPSA) is 56.8 Å². The van der Waals surface area contributed by atoms with Gasteiger partial charge in [0.1, 0.15) is 13.2 Å². The predicted octanol–water partition coefficient (Wildman–Crippen LogP) is 1.62. The van der Waals surface area contributed by atoms with Gasteiger partial charge >= 0.3 is 5.97 Å². The van der Waals surface area contributed by atoms with Crippen molar-refractivity contribution in [1.82, 2.24) is 5.32 Å². The highest BCUT2D eigenvalue weighted by Gasteiger charge is 2.16. The van der Waals surface area contributed by atoms with Crippen molar-refractivity contribution in [2.75, 3.05) is 38.9 Å². The minimum Gasteiger partial charge on any atom is -0.486 e. The first-order valence-corrected chi connectivity index (χ1v) is 7.61. The monoisotopic (exact) mass is 297 g/mol. The molecule has 0 aromatic heterocycles. The molecule has 0 bridgehead atoms. The van der Waals surface area contributed by atoms with Gasteiger partial charge in [0.25, 0.3) is 0 Å². The van der Waals surface area contributed by atoms with Crippen molar-refractivity contribution in [3.63, 3.8) is 0 Å². The van der Waals surface area contributed by atoms with Crippen LogP contribution in [0.3, 0.4) is 0 Å². The minimum atomic E-state index is -0.202. The van der Waals surface area contributed by atoms with E-state index in [2.05, 4.69) is 10.1 Å². The van der Waals surface area contributed by atoms with Gasteiger partial charge in [0.2, 0.25) is 0 Å². The Hall–Kier alpha value is -1.40. The van der Waals surface area contributed by atoms with Gasteiger partial charge < -0.3 is 19.5 Å². The molecule has 110 valence electrons. The number of methoxy groups -OCH3 is 1. The molecule has 0 radical (unpaired) electrons. The summed E-state index contributed by atoms with van der Waals surface area (Å²) in [5.74, 6) is 2.51. The fraction of sp³-hybridized carbons (Fsp3) is 0.500. The van der Waals surface area contributed by atoms with Crippen molar-refractivity contribution in [2.24, 2.45) is 0 Å².